The summed E-state index contributed by atoms with van der Waals surface area (Å²) in [5.74, 6) is 0.261. The highest BCUT2D eigenvalue weighted by Crippen LogP contribution is 2.25. The summed E-state index contributed by atoms with van der Waals surface area (Å²) in [7, 11) is 0. The largest absolute Gasteiger partial charge is 0.508 e. The van der Waals surface area contributed by atoms with Gasteiger partial charge in [-0.1, -0.05) is 31.0 Å². The molecule has 0 saturated heterocycles. The maximum absolute atomic E-state index is 9.77. The molecule has 0 aliphatic heterocycles. The number of benzene rings is 1. The fourth-order valence-corrected chi connectivity index (χ4v) is 2.54. The molecule has 0 bridgehead atoms. The molecule has 0 amide bonds. The monoisotopic (exact) mass is 235 g/mol. The first-order valence-electron chi connectivity index (χ1n) is 6.43. The third-order valence-electron chi connectivity index (χ3n) is 3.61. The van der Waals surface area contributed by atoms with Gasteiger partial charge in [-0.25, -0.2) is 0 Å². The van der Waals surface area contributed by atoms with Crippen LogP contribution >= 0.6 is 0 Å². The quantitative estimate of drug-likeness (QED) is 0.731. The Kier molecular flexibility index (Phi) is 4.40. The maximum Gasteiger partial charge on any atom is 0.119 e. The number of para-hydroxylation sites is 1. The summed E-state index contributed by atoms with van der Waals surface area (Å²) in [4.78, 5) is 0. The lowest BCUT2D eigenvalue weighted by Gasteiger charge is -2.19. The molecule has 0 aromatic heterocycles. The van der Waals surface area contributed by atoms with E-state index in [-0.39, 0.29) is 18.3 Å². The highest BCUT2D eigenvalue weighted by molar-refractivity contribution is 5.35. The summed E-state index contributed by atoms with van der Waals surface area (Å²) in [6.07, 6.45) is 5.08. The lowest BCUT2D eigenvalue weighted by atomic mass is 9.98. The van der Waals surface area contributed by atoms with Crippen LogP contribution in [-0.4, -0.2) is 29.4 Å². The van der Waals surface area contributed by atoms with Crippen molar-refractivity contribution in [3.8, 4) is 5.75 Å². The number of phenolic OH excluding ortho intramolecular Hbond substituents is 1. The van der Waals surface area contributed by atoms with Crippen molar-refractivity contribution < 1.29 is 10.2 Å². The molecule has 1 saturated carbocycles. The van der Waals surface area contributed by atoms with Crippen molar-refractivity contribution in [2.24, 2.45) is 0 Å². The van der Waals surface area contributed by atoms with Gasteiger partial charge in [-0.2, -0.15) is 0 Å². The third-order valence-corrected chi connectivity index (χ3v) is 3.61. The fourth-order valence-electron chi connectivity index (χ4n) is 2.54. The second kappa shape index (κ2) is 6.03. The molecule has 94 valence electrons. The zero-order chi connectivity index (χ0) is 12.1. The van der Waals surface area contributed by atoms with Gasteiger partial charge < -0.3 is 15.5 Å². The summed E-state index contributed by atoms with van der Waals surface area (Å²) in [6, 6.07) is 7.85. The second-order valence-corrected chi connectivity index (χ2v) is 4.83. The van der Waals surface area contributed by atoms with E-state index in [0.717, 1.165) is 12.1 Å². The molecule has 0 heterocycles. The lowest BCUT2D eigenvalue weighted by molar-refractivity contribution is 0.255. The van der Waals surface area contributed by atoms with E-state index in [0.29, 0.717) is 6.04 Å². The predicted octanol–water partition coefficient (Wildman–Crippen LogP) is 2.00. The van der Waals surface area contributed by atoms with Gasteiger partial charge in [-0.05, 0) is 18.9 Å². The first-order chi connectivity index (χ1) is 8.31. The number of aromatic hydroxyl groups is 1. The van der Waals surface area contributed by atoms with E-state index in [9.17, 15) is 10.2 Å². The minimum absolute atomic E-state index is 0.0169. The number of aliphatic hydroxyl groups is 1. The average Bonchev–Trinajstić information content (AvgIpc) is 2.85. The van der Waals surface area contributed by atoms with Crippen molar-refractivity contribution in [2.45, 2.75) is 37.6 Å². The molecule has 1 aliphatic rings. The molecule has 0 spiro atoms. The van der Waals surface area contributed by atoms with Crippen LogP contribution in [-0.2, 0) is 0 Å². The molecule has 1 aromatic rings. The van der Waals surface area contributed by atoms with E-state index in [2.05, 4.69) is 5.32 Å². The highest BCUT2D eigenvalue weighted by atomic mass is 16.3. The zero-order valence-electron chi connectivity index (χ0n) is 10.1. The molecular formula is C14H21NO2. The molecule has 3 N–H and O–H groups in total. The summed E-state index contributed by atoms with van der Waals surface area (Å²) < 4.78 is 0. The molecule has 3 heteroatoms. The zero-order valence-corrected chi connectivity index (χ0v) is 10.1. The van der Waals surface area contributed by atoms with E-state index >= 15 is 0 Å². The van der Waals surface area contributed by atoms with E-state index in [1.54, 1.807) is 12.1 Å². The van der Waals surface area contributed by atoms with Gasteiger partial charge in [-0.15, -0.1) is 0 Å². The molecular weight excluding hydrogens is 214 g/mol. The molecule has 1 aromatic carbocycles. The van der Waals surface area contributed by atoms with Crippen LogP contribution in [0.1, 0.15) is 37.2 Å². The minimum atomic E-state index is -0.0169. The van der Waals surface area contributed by atoms with E-state index in [1.807, 2.05) is 12.1 Å². The Morgan fingerprint density at radius 3 is 2.59 bits per heavy atom. The topological polar surface area (TPSA) is 52.5 Å². The van der Waals surface area contributed by atoms with Crippen LogP contribution in [0.5, 0.6) is 5.75 Å². The van der Waals surface area contributed by atoms with Gasteiger partial charge in [0.15, 0.2) is 0 Å². The third kappa shape index (κ3) is 3.20. The van der Waals surface area contributed by atoms with Crippen LogP contribution in [0.3, 0.4) is 0 Å². The van der Waals surface area contributed by atoms with Gasteiger partial charge in [0, 0.05) is 24.1 Å². The normalized spacial score (nSPS) is 18.4. The van der Waals surface area contributed by atoms with Gasteiger partial charge in [0.25, 0.3) is 0 Å². The molecule has 0 radical (unpaired) electrons. The first kappa shape index (κ1) is 12.4. The molecule has 17 heavy (non-hydrogen) atoms. The smallest absolute Gasteiger partial charge is 0.119 e. The number of hydrogen-bond donors (Lipinski definition) is 3. The Morgan fingerprint density at radius 1 is 1.24 bits per heavy atom. The fraction of sp³-hybridized carbons (Fsp3) is 0.571. The van der Waals surface area contributed by atoms with Crippen LogP contribution in [0.15, 0.2) is 24.3 Å². The molecule has 1 unspecified atom stereocenters. The van der Waals surface area contributed by atoms with E-state index in [4.69, 9.17) is 0 Å². The number of aliphatic hydroxyl groups excluding tert-OH is 1. The number of rotatable bonds is 5. The molecule has 3 nitrogen and oxygen atoms in total. The Labute approximate surface area is 102 Å². The molecule has 1 atom stereocenters. The van der Waals surface area contributed by atoms with Crippen LogP contribution in [0.4, 0.5) is 0 Å². The second-order valence-electron chi connectivity index (χ2n) is 4.83. The first-order valence-corrected chi connectivity index (χ1v) is 6.43. The lowest BCUT2D eigenvalue weighted by Crippen LogP contribution is -2.31. The summed E-state index contributed by atoms with van der Waals surface area (Å²) in [5, 5.41) is 22.7. The van der Waals surface area contributed by atoms with Crippen LogP contribution in [0.25, 0.3) is 0 Å². The Hall–Kier alpha value is -1.06. The van der Waals surface area contributed by atoms with Gasteiger partial charge in [0.1, 0.15) is 5.75 Å². The van der Waals surface area contributed by atoms with Gasteiger partial charge in [-0.3, -0.25) is 0 Å². The van der Waals surface area contributed by atoms with Crippen LogP contribution in [0.2, 0.25) is 0 Å². The summed E-state index contributed by atoms with van der Waals surface area (Å²) in [6.45, 7) is 0.802. The van der Waals surface area contributed by atoms with Crippen molar-refractivity contribution >= 4 is 0 Å². The van der Waals surface area contributed by atoms with Crippen molar-refractivity contribution in [3.05, 3.63) is 29.8 Å². The van der Waals surface area contributed by atoms with Gasteiger partial charge in [0.05, 0.1) is 6.61 Å². The van der Waals surface area contributed by atoms with Crippen molar-refractivity contribution in [1.29, 1.82) is 0 Å². The van der Waals surface area contributed by atoms with E-state index in [1.165, 1.54) is 25.7 Å². The van der Waals surface area contributed by atoms with Crippen LogP contribution < -0.4 is 5.32 Å². The average molecular weight is 235 g/mol. The van der Waals surface area contributed by atoms with Gasteiger partial charge in [0.2, 0.25) is 0 Å². The standard InChI is InChI=1S/C14H21NO2/c16-10-11(9-15-12-5-1-2-6-12)13-7-3-4-8-14(13)17/h3-4,7-8,11-12,15-17H,1-2,5-6,9-10H2. The molecule has 2 rings (SSSR count). The van der Waals surface area contributed by atoms with Crippen molar-refractivity contribution in [3.63, 3.8) is 0 Å². The van der Waals surface area contributed by atoms with Crippen molar-refractivity contribution in [1.82, 2.24) is 5.32 Å². The molecule has 1 fully saturated rings. The Morgan fingerprint density at radius 2 is 1.94 bits per heavy atom. The number of phenols is 1. The Bertz CT molecular complexity index is 348. The Balaban J connectivity index is 1.94. The van der Waals surface area contributed by atoms with E-state index < -0.39 is 0 Å². The van der Waals surface area contributed by atoms with Gasteiger partial charge >= 0.3 is 0 Å². The highest BCUT2D eigenvalue weighted by Gasteiger charge is 2.18. The number of nitrogens with one attached hydrogen (secondary N) is 1. The predicted molar refractivity (Wildman–Crippen MR) is 68.2 cm³/mol. The summed E-state index contributed by atoms with van der Waals surface area (Å²) in [5.41, 5.74) is 0.834. The summed E-state index contributed by atoms with van der Waals surface area (Å²) >= 11 is 0. The SMILES string of the molecule is OCC(CNC1CCCC1)c1ccccc1O. The number of hydrogen-bond acceptors (Lipinski definition) is 3. The molecule has 1 aliphatic carbocycles. The van der Waals surface area contributed by atoms with Crippen LogP contribution in [0, 0.1) is 0 Å². The minimum Gasteiger partial charge on any atom is -0.508 e. The maximum atomic E-state index is 9.77. The van der Waals surface area contributed by atoms with Crippen molar-refractivity contribution in [2.75, 3.05) is 13.2 Å².